The SMILES string of the molecule is CC(C)CCCC(C)CCCC1CCCC(C(C)OC(C)(C)CCOC(C)C)C1. The van der Waals surface area contributed by atoms with Crippen LogP contribution in [-0.4, -0.2) is 24.4 Å². The van der Waals surface area contributed by atoms with E-state index in [-0.39, 0.29) is 5.60 Å². The lowest BCUT2D eigenvalue weighted by Gasteiger charge is -2.37. The zero-order valence-electron chi connectivity index (χ0n) is 21.3. The maximum absolute atomic E-state index is 6.53. The number of rotatable bonds is 15. The predicted octanol–water partition coefficient (Wildman–Crippen LogP) is 8.42. The molecule has 29 heavy (non-hydrogen) atoms. The molecule has 0 aromatic carbocycles. The van der Waals surface area contributed by atoms with Gasteiger partial charge in [0.2, 0.25) is 0 Å². The fourth-order valence-corrected chi connectivity index (χ4v) is 4.99. The molecule has 0 bridgehead atoms. The van der Waals surface area contributed by atoms with E-state index in [4.69, 9.17) is 9.47 Å². The zero-order valence-corrected chi connectivity index (χ0v) is 21.3. The number of ether oxygens (including phenoxy) is 2. The number of hydrogen-bond acceptors (Lipinski definition) is 2. The van der Waals surface area contributed by atoms with E-state index in [0.29, 0.717) is 12.2 Å². The van der Waals surface area contributed by atoms with Crippen LogP contribution in [0.1, 0.15) is 126 Å². The highest BCUT2D eigenvalue weighted by atomic mass is 16.5. The summed E-state index contributed by atoms with van der Waals surface area (Å²) >= 11 is 0. The lowest BCUT2D eigenvalue weighted by atomic mass is 9.76. The van der Waals surface area contributed by atoms with E-state index in [1.807, 2.05) is 0 Å². The first-order valence-corrected chi connectivity index (χ1v) is 12.9. The van der Waals surface area contributed by atoms with Crippen LogP contribution in [0.5, 0.6) is 0 Å². The van der Waals surface area contributed by atoms with Crippen molar-refractivity contribution in [3.8, 4) is 0 Å². The van der Waals surface area contributed by atoms with Gasteiger partial charge in [0.1, 0.15) is 0 Å². The second-order valence-electron chi connectivity index (χ2n) is 11.4. The molecule has 0 aromatic heterocycles. The average molecular weight is 411 g/mol. The van der Waals surface area contributed by atoms with Gasteiger partial charge in [0.15, 0.2) is 0 Å². The van der Waals surface area contributed by atoms with E-state index in [0.717, 1.165) is 36.7 Å². The van der Waals surface area contributed by atoms with Crippen molar-refractivity contribution in [2.75, 3.05) is 6.61 Å². The van der Waals surface area contributed by atoms with E-state index in [9.17, 15) is 0 Å². The monoisotopic (exact) mass is 410 g/mol. The summed E-state index contributed by atoms with van der Waals surface area (Å²) < 4.78 is 12.3. The molecule has 0 heterocycles. The quantitative estimate of drug-likeness (QED) is 0.270. The van der Waals surface area contributed by atoms with Crippen LogP contribution in [0.15, 0.2) is 0 Å². The summed E-state index contributed by atoms with van der Waals surface area (Å²) in [6.07, 6.45) is 15.7. The Morgan fingerprint density at radius 3 is 2.24 bits per heavy atom. The molecule has 2 heteroatoms. The van der Waals surface area contributed by atoms with Crippen LogP contribution in [0.4, 0.5) is 0 Å². The first-order valence-electron chi connectivity index (χ1n) is 12.9. The van der Waals surface area contributed by atoms with E-state index in [1.54, 1.807) is 0 Å². The summed E-state index contributed by atoms with van der Waals surface area (Å²) in [5, 5.41) is 0. The minimum atomic E-state index is -0.0906. The van der Waals surface area contributed by atoms with Crippen molar-refractivity contribution in [2.45, 2.75) is 144 Å². The first-order chi connectivity index (χ1) is 13.6. The van der Waals surface area contributed by atoms with Crippen molar-refractivity contribution >= 4 is 0 Å². The average Bonchev–Trinajstić information content (AvgIpc) is 2.60. The van der Waals surface area contributed by atoms with Gasteiger partial charge >= 0.3 is 0 Å². The molecular formula is C27H54O2. The van der Waals surface area contributed by atoms with Gasteiger partial charge in [-0.1, -0.05) is 72.1 Å². The van der Waals surface area contributed by atoms with Gasteiger partial charge in [0.25, 0.3) is 0 Å². The van der Waals surface area contributed by atoms with Crippen molar-refractivity contribution in [3.05, 3.63) is 0 Å². The Balaban J connectivity index is 2.28. The fourth-order valence-electron chi connectivity index (χ4n) is 4.99. The van der Waals surface area contributed by atoms with Gasteiger partial charge in [-0.3, -0.25) is 0 Å². The van der Waals surface area contributed by atoms with Crippen molar-refractivity contribution < 1.29 is 9.47 Å². The molecular weight excluding hydrogens is 356 g/mol. The molecule has 4 atom stereocenters. The molecule has 1 aliphatic rings. The van der Waals surface area contributed by atoms with Crippen molar-refractivity contribution in [1.29, 1.82) is 0 Å². The molecule has 0 spiro atoms. The highest BCUT2D eigenvalue weighted by molar-refractivity contribution is 4.80. The van der Waals surface area contributed by atoms with Crippen molar-refractivity contribution in [3.63, 3.8) is 0 Å². The maximum Gasteiger partial charge on any atom is 0.0652 e. The van der Waals surface area contributed by atoms with Crippen molar-refractivity contribution in [2.24, 2.45) is 23.7 Å². The third kappa shape index (κ3) is 13.0. The lowest BCUT2D eigenvalue weighted by molar-refractivity contribution is -0.109. The Hall–Kier alpha value is -0.0800. The van der Waals surface area contributed by atoms with E-state index in [1.165, 1.54) is 64.2 Å². The molecule has 1 saturated carbocycles. The fraction of sp³-hybridized carbons (Fsp3) is 1.00. The molecule has 4 unspecified atom stereocenters. The van der Waals surface area contributed by atoms with Gasteiger partial charge in [-0.25, -0.2) is 0 Å². The molecule has 2 nitrogen and oxygen atoms in total. The smallest absolute Gasteiger partial charge is 0.0652 e. The predicted molar refractivity (Wildman–Crippen MR) is 127 cm³/mol. The molecule has 0 aliphatic heterocycles. The second-order valence-corrected chi connectivity index (χ2v) is 11.4. The molecule has 174 valence electrons. The van der Waals surface area contributed by atoms with Gasteiger partial charge in [-0.05, 0) is 77.6 Å². The Morgan fingerprint density at radius 2 is 1.59 bits per heavy atom. The van der Waals surface area contributed by atoms with Gasteiger partial charge < -0.3 is 9.47 Å². The standard InChI is InChI=1S/C27H54O2/c1-21(2)12-9-13-23(5)14-10-15-25-16-11-17-26(20-25)24(6)29-27(7,8)18-19-28-22(3)4/h21-26H,9-20H2,1-8H3. The summed E-state index contributed by atoms with van der Waals surface area (Å²) in [5.74, 6) is 3.43. The number of hydrogen-bond donors (Lipinski definition) is 0. The van der Waals surface area contributed by atoms with Gasteiger partial charge in [0, 0.05) is 6.61 Å². The second kappa shape index (κ2) is 14.1. The molecule has 0 aromatic rings. The van der Waals surface area contributed by atoms with Crippen LogP contribution in [0.2, 0.25) is 0 Å². The van der Waals surface area contributed by atoms with Gasteiger partial charge in [0.05, 0.1) is 17.8 Å². The Bertz CT molecular complexity index is 401. The summed E-state index contributed by atoms with van der Waals surface area (Å²) in [4.78, 5) is 0. The minimum Gasteiger partial charge on any atom is -0.379 e. The van der Waals surface area contributed by atoms with Crippen LogP contribution in [0.25, 0.3) is 0 Å². The summed E-state index contributed by atoms with van der Waals surface area (Å²) in [6, 6.07) is 0. The maximum atomic E-state index is 6.53. The Labute approximate surface area is 183 Å². The third-order valence-corrected chi connectivity index (χ3v) is 6.94. The molecule has 1 rings (SSSR count). The normalized spacial score (nSPS) is 23.0. The lowest BCUT2D eigenvalue weighted by Crippen LogP contribution is -2.36. The highest BCUT2D eigenvalue weighted by Crippen LogP contribution is 2.36. The topological polar surface area (TPSA) is 18.5 Å². The molecule has 0 saturated heterocycles. The highest BCUT2D eigenvalue weighted by Gasteiger charge is 2.30. The largest absolute Gasteiger partial charge is 0.379 e. The summed E-state index contributed by atoms with van der Waals surface area (Å²) in [7, 11) is 0. The molecule has 0 radical (unpaired) electrons. The Kier molecular flexibility index (Phi) is 13.1. The van der Waals surface area contributed by atoms with Crippen molar-refractivity contribution in [1.82, 2.24) is 0 Å². The van der Waals surface area contributed by atoms with E-state index >= 15 is 0 Å². The first kappa shape index (κ1) is 27.0. The van der Waals surface area contributed by atoms with Crippen LogP contribution < -0.4 is 0 Å². The van der Waals surface area contributed by atoms with E-state index < -0.39 is 0 Å². The molecule has 0 N–H and O–H groups in total. The van der Waals surface area contributed by atoms with Crippen LogP contribution in [0.3, 0.4) is 0 Å². The van der Waals surface area contributed by atoms with Crippen LogP contribution in [0, 0.1) is 23.7 Å². The van der Waals surface area contributed by atoms with E-state index in [2.05, 4.69) is 55.4 Å². The summed E-state index contributed by atoms with van der Waals surface area (Å²) in [5.41, 5.74) is -0.0906. The summed E-state index contributed by atoms with van der Waals surface area (Å²) in [6.45, 7) is 18.9. The van der Waals surface area contributed by atoms with Gasteiger partial charge in [-0.15, -0.1) is 0 Å². The van der Waals surface area contributed by atoms with Gasteiger partial charge in [-0.2, -0.15) is 0 Å². The third-order valence-electron chi connectivity index (χ3n) is 6.94. The Morgan fingerprint density at radius 1 is 0.897 bits per heavy atom. The zero-order chi connectivity index (χ0) is 21.9. The minimum absolute atomic E-state index is 0.0906. The molecule has 1 aliphatic carbocycles. The molecule has 0 amide bonds. The molecule has 1 fully saturated rings. The van der Waals surface area contributed by atoms with Crippen LogP contribution in [-0.2, 0) is 9.47 Å². The van der Waals surface area contributed by atoms with Crippen LogP contribution >= 0.6 is 0 Å².